The Hall–Kier alpha value is -1.81. The van der Waals surface area contributed by atoms with Crippen molar-refractivity contribution in [2.24, 2.45) is 0 Å². The molecule has 0 fully saturated rings. The summed E-state index contributed by atoms with van der Waals surface area (Å²) in [5.74, 6) is 6.04. The molecule has 3 rings (SSSR count). The van der Waals surface area contributed by atoms with Crippen LogP contribution in [0.1, 0.15) is 10.0 Å². The molecule has 18 heavy (non-hydrogen) atoms. The number of halogens is 1. The molecule has 0 aliphatic rings. The van der Waals surface area contributed by atoms with Crippen molar-refractivity contribution in [3.8, 4) is 11.8 Å². The summed E-state index contributed by atoms with van der Waals surface area (Å²) in [6.07, 6.45) is 0. The maximum atomic E-state index is 12.8. The number of hydrogen-bond donors (Lipinski definition) is 0. The summed E-state index contributed by atoms with van der Waals surface area (Å²) in [7, 11) is 0. The van der Waals surface area contributed by atoms with Crippen LogP contribution in [0.5, 0.6) is 0 Å². The van der Waals surface area contributed by atoms with E-state index < -0.39 is 0 Å². The molecular weight excluding hydrogens is 290 g/mol. The number of benzene rings is 2. The third-order valence-corrected chi connectivity index (χ3v) is 4.76. The Kier molecular flexibility index (Phi) is 3.02. The summed E-state index contributed by atoms with van der Waals surface area (Å²) in [5, 5.41) is 1.28. The van der Waals surface area contributed by atoms with Gasteiger partial charge in [0.05, 0.1) is 0 Å². The van der Waals surface area contributed by atoms with Gasteiger partial charge in [-0.25, -0.2) is 0 Å². The van der Waals surface area contributed by atoms with E-state index in [-0.39, 0.29) is 5.82 Å². The van der Waals surface area contributed by atoms with Crippen molar-refractivity contribution in [3.63, 3.8) is 0 Å². The van der Waals surface area contributed by atoms with Gasteiger partial charge in [-0.2, -0.15) is 0 Å². The normalized spacial score (nSPS) is 10.1. The van der Waals surface area contributed by atoms with Crippen LogP contribution < -0.4 is 0 Å². The van der Waals surface area contributed by atoms with Gasteiger partial charge in [-0.1, -0.05) is 0 Å². The average Bonchev–Trinajstić information content (AvgIpc) is 2.81. The van der Waals surface area contributed by atoms with E-state index in [1.54, 1.807) is 12.1 Å². The summed E-state index contributed by atoms with van der Waals surface area (Å²) in [5.41, 5.74) is 0.851. The second kappa shape index (κ2) is 4.82. The first-order chi connectivity index (χ1) is 8.81. The molecule has 0 spiro atoms. The van der Waals surface area contributed by atoms with E-state index >= 15 is 0 Å². The molecule has 2 heteroatoms. The molecule has 1 heterocycles. The Morgan fingerprint density at radius 2 is 1.67 bits per heavy atom. The Labute approximate surface area is 111 Å². The van der Waals surface area contributed by atoms with E-state index in [9.17, 15) is 4.39 Å². The van der Waals surface area contributed by atoms with E-state index in [0.29, 0.717) is 14.5 Å². The second-order valence-electron chi connectivity index (χ2n) is 3.91. The molecule has 0 unspecified atom stereocenters. The van der Waals surface area contributed by atoms with Crippen molar-refractivity contribution in [3.05, 3.63) is 70.4 Å². The third-order valence-electron chi connectivity index (χ3n) is 2.60. The fourth-order valence-electron chi connectivity index (χ4n) is 1.71. The van der Waals surface area contributed by atoms with Crippen LogP contribution in [-0.4, -0.2) is 14.5 Å². The Morgan fingerprint density at radius 3 is 2.44 bits per heavy atom. The summed E-state index contributed by atoms with van der Waals surface area (Å²) in [6.45, 7) is 0. The van der Waals surface area contributed by atoms with E-state index in [1.807, 2.05) is 6.07 Å². The van der Waals surface area contributed by atoms with E-state index in [2.05, 4.69) is 36.1 Å². The molecule has 0 saturated heterocycles. The van der Waals surface area contributed by atoms with Gasteiger partial charge < -0.3 is 0 Å². The van der Waals surface area contributed by atoms with Crippen LogP contribution in [0, 0.1) is 17.7 Å². The second-order valence-corrected chi connectivity index (χ2v) is 6.18. The van der Waals surface area contributed by atoms with Gasteiger partial charge >= 0.3 is 111 Å². The molecule has 0 N–H and O–H groups in total. The van der Waals surface area contributed by atoms with Crippen molar-refractivity contribution in [2.75, 3.05) is 0 Å². The van der Waals surface area contributed by atoms with Gasteiger partial charge in [0.15, 0.2) is 0 Å². The van der Waals surface area contributed by atoms with Gasteiger partial charge in [-0.3, -0.25) is 0 Å². The Balaban J connectivity index is 1.95. The first-order valence-electron chi connectivity index (χ1n) is 5.57. The zero-order valence-electron chi connectivity index (χ0n) is 9.48. The van der Waals surface area contributed by atoms with Gasteiger partial charge in [0.25, 0.3) is 0 Å². The van der Waals surface area contributed by atoms with E-state index in [4.69, 9.17) is 0 Å². The molecule has 3 aromatic rings. The zero-order valence-corrected chi connectivity index (χ0v) is 11.2. The predicted molar refractivity (Wildman–Crippen MR) is 73.3 cm³/mol. The topological polar surface area (TPSA) is 0 Å². The van der Waals surface area contributed by atoms with Crippen LogP contribution in [0.2, 0.25) is 0 Å². The molecule has 1 aromatic heterocycles. The molecule has 0 nitrogen and oxygen atoms in total. The number of hydrogen-bond acceptors (Lipinski definition) is 0. The SMILES string of the molecule is Fc1ccc(C#Cc2cc3ccccc3[se]2)cc1. The molecule has 0 saturated carbocycles. The first-order valence-corrected chi connectivity index (χ1v) is 7.29. The average molecular weight is 299 g/mol. The van der Waals surface area contributed by atoms with Gasteiger partial charge in [0.1, 0.15) is 0 Å². The summed E-state index contributed by atoms with van der Waals surface area (Å²) >= 11 is 0.309. The molecular formula is C16H9FSe. The third kappa shape index (κ3) is 2.38. The zero-order chi connectivity index (χ0) is 12.4. The van der Waals surface area contributed by atoms with E-state index in [0.717, 1.165) is 5.56 Å². The number of fused-ring (bicyclic) bond motifs is 1. The molecule has 0 amide bonds. The summed E-state index contributed by atoms with van der Waals surface area (Å²) in [4.78, 5) is 0. The van der Waals surface area contributed by atoms with Crippen LogP contribution in [0.3, 0.4) is 0 Å². The van der Waals surface area contributed by atoms with Crippen LogP contribution in [-0.2, 0) is 0 Å². The quantitative estimate of drug-likeness (QED) is 0.441. The standard InChI is InChI=1S/C16H9FSe/c17-14-8-5-12(6-9-14)7-10-15-11-13-3-1-2-4-16(13)18-15/h1-6,8-9,11H. The van der Waals surface area contributed by atoms with Crippen LogP contribution in [0.4, 0.5) is 4.39 Å². The van der Waals surface area contributed by atoms with E-state index in [1.165, 1.54) is 26.2 Å². The minimum absolute atomic E-state index is 0.225. The minimum atomic E-state index is -0.225. The molecule has 0 bridgehead atoms. The molecule has 0 atom stereocenters. The number of rotatable bonds is 0. The van der Waals surface area contributed by atoms with Gasteiger partial charge in [0, 0.05) is 0 Å². The summed E-state index contributed by atoms with van der Waals surface area (Å²) < 4.78 is 15.3. The predicted octanol–water partition coefficient (Wildman–Crippen LogP) is 3.44. The fraction of sp³-hybridized carbons (Fsp3) is 0. The molecule has 0 aliphatic heterocycles. The van der Waals surface area contributed by atoms with Crippen molar-refractivity contribution >= 4 is 24.1 Å². The van der Waals surface area contributed by atoms with Crippen molar-refractivity contribution in [2.45, 2.75) is 0 Å². The van der Waals surface area contributed by atoms with Crippen molar-refractivity contribution in [1.82, 2.24) is 0 Å². The van der Waals surface area contributed by atoms with Gasteiger partial charge in [0.2, 0.25) is 0 Å². The molecule has 86 valence electrons. The molecule has 2 aromatic carbocycles. The van der Waals surface area contributed by atoms with Crippen LogP contribution in [0.15, 0.2) is 54.6 Å². The van der Waals surface area contributed by atoms with Gasteiger partial charge in [-0.15, -0.1) is 0 Å². The fourth-order valence-corrected chi connectivity index (χ4v) is 3.63. The van der Waals surface area contributed by atoms with Gasteiger partial charge in [-0.05, 0) is 0 Å². The maximum absolute atomic E-state index is 12.8. The monoisotopic (exact) mass is 300 g/mol. The summed E-state index contributed by atoms with van der Waals surface area (Å²) in [6, 6.07) is 16.8. The van der Waals surface area contributed by atoms with Crippen LogP contribution >= 0.6 is 0 Å². The Morgan fingerprint density at radius 1 is 0.889 bits per heavy atom. The van der Waals surface area contributed by atoms with Crippen LogP contribution in [0.25, 0.3) is 9.65 Å². The first kappa shape index (κ1) is 11.3. The molecule has 0 aliphatic carbocycles. The van der Waals surface area contributed by atoms with Crippen molar-refractivity contribution < 1.29 is 4.39 Å². The molecule has 0 radical (unpaired) electrons. The Bertz CT molecular complexity index is 709. The van der Waals surface area contributed by atoms with Crippen molar-refractivity contribution in [1.29, 1.82) is 0 Å².